The molecular weight excluding hydrogens is 306 g/mol. The van der Waals surface area contributed by atoms with Crippen molar-refractivity contribution in [2.45, 2.75) is 18.2 Å². The van der Waals surface area contributed by atoms with E-state index in [1.165, 1.54) is 0 Å². The molecule has 0 heterocycles. The molecule has 23 heavy (non-hydrogen) atoms. The average Bonchev–Trinajstić information content (AvgIpc) is 2.61. The standard InChI is InChI=1S/C20H18ClNO/c1-2-20(21,17-10-4-3-5-11-17)19(23)22-18-13-12-15-8-6-7-9-16(15)14-18/h3-14H,2H2,1H3,(H,22,23). The van der Waals surface area contributed by atoms with Gasteiger partial charge in [0.1, 0.15) is 4.87 Å². The summed E-state index contributed by atoms with van der Waals surface area (Å²) in [6.07, 6.45) is 0.512. The zero-order valence-electron chi connectivity index (χ0n) is 12.9. The molecule has 3 aromatic carbocycles. The highest BCUT2D eigenvalue weighted by atomic mass is 35.5. The number of fused-ring (bicyclic) bond motifs is 1. The molecule has 2 nitrogen and oxygen atoms in total. The Balaban J connectivity index is 1.89. The van der Waals surface area contributed by atoms with E-state index in [0.717, 1.165) is 22.0 Å². The van der Waals surface area contributed by atoms with E-state index < -0.39 is 4.87 Å². The van der Waals surface area contributed by atoms with Gasteiger partial charge in [0.25, 0.3) is 0 Å². The molecule has 0 saturated carbocycles. The SMILES string of the molecule is CCC(Cl)(C(=O)Nc1ccc2ccccc2c1)c1ccccc1. The second kappa shape index (κ2) is 6.43. The van der Waals surface area contributed by atoms with E-state index in [0.29, 0.717) is 6.42 Å². The fraction of sp³-hybridized carbons (Fsp3) is 0.150. The summed E-state index contributed by atoms with van der Waals surface area (Å²) in [5, 5.41) is 5.18. The van der Waals surface area contributed by atoms with Crippen LogP contribution in [0.4, 0.5) is 5.69 Å². The maximum absolute atomic E-state index is 12.8. The van der Waals surface area contributed by atoms with Crippen LogP contribution in [0.3, 0.4) is 0 Å². The number of alkyl halides is 1. The molecule has 0 spiro atoms. The van der Waals surface area contributed by atoms with Crippen molar-refractivity contribution in [3.05, 3.63) is 78.4 Å². The summed E-state index contributed by atoms with van der Waals surface area (Å²) in [6.45, 7) is 1.92. The van der Waals surface area contributed by atoms with Gasteiger partial charge in [-0.15, -0.1) is 11.6 Å². The molecule has 0 aromatic heterocycles. The van der Waals surface area contributed by atoms with Crippen molar-refractivity contribution in [1.82, 2.24) is 0 Å². The van der Waals surface area contributed by atoms with Crippen molar-refractivity contribution < 1.29 is 4.79 Å². The van der Waals surface area contributed by atoms with Gasteiger partial charge >= 0.3 is 0 Å². The highest BCUT2D eigenvalue weighted by molar-refractivity contribution is 6.36. The van der Waals surface area contributed by atoms with Crippen LogP contribution in [-0.4, -0.2) is 5.91 Å². The highest BCUT2D eigenvalue weighted by Gasteiger charge is 2.36. The summed E-state index contributed by atoms with van der Waals surface area (Å²) in [7, 11) is 0. The molecule has 116 valence electrons. The van der Waals surface area contributed by atoms with Gasteiger partial charge in [-0.3, -0.25) is 4.79 Å². The predicted octanol–water partition coefficient (Wildman–Crippen LogP) is 5.32. The minimum absolute atomic E-state index is 0.205. The van der Waals surface area contributed by atoms with Gasteiger partial charge in [0.05, 0.1) is 0 Å². The Morgan fingerprint density at radius 3 is 2.30 bits per heavy atom. The summed E-state index contributed by atoms with van der Waals surface area (Å²) < 4.78 is 0. The number of hydrogen-bond donors (Lipinski definition) is 1. The lowest BCUT2D eigenvalue weighted by atomic mass is 9.94. The monoisotopic (exact) mass is 323 g/mol. The Morgan fingerprint density at radius 2 is 1.61 bits per heavy atom. The van der Waals surface area contributed by atoms with Crippen LogP contribution in [0, 0.1) is 0 Å². The maximum Gasteiger partial charge on any atom is 0.250 e. The summed E-state index contributed by atoms with van der Waals surface area (Å²) in [5.41, 5.74) is 1.56. The Labute approximate surface area is 141 Å². The van der Waals surface area contributed by atoms with Crippen molar-refractivity contribution in [2.24, 2.45) is 0 Å². The van der Waals surface area contributed by atoms with Crippen LogP contribution >= 0.6 is 11.6 Å². The number of amides is 1. The number of nitrogens with one attached hydrogen (secondary N) is 1. The Hall–Kier alpha value is -2.32. The molecule has 0 radical (unpaired) electrons. The molecule has 0 aliphatic rings. The molecule has 1 atom stereocenters. The lowest BCUT2D eigenvalue weighted by molar-refractivity contribution is -0.119. The fourth-order valence-corrected chi connectivity index (χ4v) is 2.87. The third kappa shape index (κ3) is 3.08. The Kier molecular flexibility index (Phi) is 4.35. The van der Waals surface area contributed by atoms with Gasteiger partial charge in [-0.2, -0.15) is 0 Å². The molecular formula is C20H18ClNO. The van der Waals surface area contributed by atoms with Crippen LogP contribution in [0.25, 0.3) is 10.8 Å². The largest absolute Gasteiger partial charge is 0.324 e. The van der Waals surface area contributed by atoms with Gasteiger partial charge in [0.15, 0.2) is 0 Å². The third-order valence-corrected chi connectivity index (χ3v) is 4.74. The van der Waals surface area contributed by atoms with Gasteiger partial charge in [-0.25, -0.2) is 0 Å². The number of hydrogen-bond acceptors (Lipinski definition) is 1. The van der Waals surface area contributed by atoms with Crippen molar-refractivity contribution in [3.8, 4) is 0 Å². The first-order valence-corrected chi connectivity index (χ1v) is 8.06. The normalized spacial score (nSPS) is 13.5. The summed E-state index contributed by atoms with van der Waals surface area (Å²) in [6, 6.07) is 23.4. The number of carbonyl (C=O) groups is 1. The summed E-state index contributed by atoms with van der Waals surface area (Å²) in [5.74, 6) is -0.205. The molecule has 1 N–H and O–H groups in total. The van der Waals surface area contributed by atoms with Crippen LogP contribution in [0.5, 0.6) is 0 Å². The minimum Gasteiger partial charge on any atom is -0.324 e. The predicted molar refractivity (Wildman–Crippen MR) is 96.8 cm³/mol. The van der Waals surface area contributed by atoms with Gasteiger partial charge < -0.3 is 5.32 Å². The lowest BCUT2D eigenvalue weighted by Gasteiger charge is -2.25. The zero-order chi connectivity index (χ0) is 16.3. The Bertz CT molecular complexity index is 831. The molecule has 3 aromatic rings. The minimum atomic E-state index is -1.06. The van der Waals surface area contributed by atoms with E-state index in [1.807, 2.05) is 79.7 Å². The smallest absolute Gasteiger partial charge is 0.250 e. The number of anilines is 1. The first-order chi connectivity index (χ1) is 11.1. The molecule has 0 aliphatic heterocycles. The van der Waals surface area contributed by atoms with E-state index in [-0.39, 0.29) is 5.91 Å². The molecule has 1 unspecified atom stereocenters. The van der Waals surface area contributed by atoms with Crippen LogP contribution in [0.2, 0.25) is 0 Å². The number of halogens is 1. The summed E-state index contributed by atoms with van der Waals surface area (Å²) >= 11 is 6.66. The third-order valence-electron chi connectivity index (χ3n) is 4.09. The quantitative estimate of drug-likeness (QED) is 0.647. The summed E-state index contributed by atoms with van der Waals surface area (Å²) in [4.78, 5) is 11.7. The Morgan fingerprint density at radius 1 is 0.957 bits per heavy atom. The van der Waals surface area contributed by atoms with Crippen molar-refractivity contribution >= 4 is 34.0 Å². The molecule has 0 bridgehead atoms. The highest BCUT2D eigenvalue weighted by Crippen LogP contribution is 2.34. The number of carbonyl (C=O) groups excluding carboxylic acids is 1. The first-order valence-electron chi connectivity index (χ1n) is 7.68. The topological polar surface area (TPSA) is 29.1 Å². The van der Waals surface area contributed by atoms with Crippen LogP contribution < -0.4 is 5.32 Å². The van der Waals surface area contributed by atoms with Crippen molar-refractivity contribution in [1.29, 1.82) is 0 Å². The average molecular weight is 324 g/mol. The molecule has 0 aliphatic carbocycles. The molecule has 1 amide bonds. The van der Waals surface area contributed by atoms with Crippen molar-refractivity contribution in [3.63, 3.8) is 0 Å². The van der Waals surface area contributed by atoms with E-state index in [1.54, 1.807) is 0 Å². The van der Waals surface area contributed by atoms with Crippen LogP contribution in [0.15, 0.2) is 72.8 Å². The van der Waals surface area contributed by atoms with Crippen molar-refractivity contribution in [2.75, 3.05) is 5.32 Å². The van der Waals surface area contributed by atoms with E-state index >= 15 is 0 Å². The van der Waals surface area contributed by atoms with E-state index in [2.05, 4.69) is 5.32 Å². The number of rotatable bonds is 4. The molecule has 3 heteroatoms. The second-order valence-corrected chi connectivity index (χ2v) is 6.18. The van der Waals surface area contributed by atoms with Crippen LogP contribution in [0.1, 0.15) is 18.9 Å². The van der Waals surface area contributed by atoms with Crippen LogP contribution in [-0.2, 0) is 9.67 Å². The zero-order valence-corrected chi connectivity index (χ0v) is 13.7. The second-order valence-electron chi connectivity index (χ2n) is 5.54. The maximum atomic E-state index is 12.8. The number of benzene rings is 3. The fourth-order valence-electron chi connectivity index (χ4n) is 2.70. The lowest BCUT2D eigenvalue weighted by Crippen LogP contribution is -2.34. The first kappa shape index (κ1) is 15.6. The van der Waals surface area contributed by atoms with Gasteiger partial charge in [-0.05, 0) is 34.9 Å². The molecule has 3 rings (SSSR count). The van der Waals surface area contributed by atoms with E-state index in [4.69, 9.17) is 11.6 Å². The van der Waals surface area contributed by atoms with E-state index in [9.17, 15) is 4.79 Å². The van der Waals surface area contributed by atoms with Gasteiger partial charge in [0.2, 0.25) is 5.91 Å². The van der Waals surface area contributed by atoms with Gasteiger partial charge in [-0.1, -0.05) is 67.6 Å². The molecule has 0 saturated heterocycles. The van der Waals surface area contributed by atoms with Gasteiger partial charge in [0, 0.05) is 5.69 Å². The molecule has 0 fully saturated rings.